The molecule has 446 valence electrons. The van der Waals surface area contributed by atoms with Gasteiger partial charge in [-0.2, -0.15) is 0 Å². The van der Waals surface area contributed by atoms with E-state index in [1.165, 1.54) is 41.5 Å². The van der Waals surface area contributed by atoms with Gasteiger partial charge in [0.2, 0.25) is 0 Å². The Hall–Kier alpha value is -2.39. The zero-order valence-corrected chi connectivity index (χ0v) is 45.2. The van der Waals surface area contributed by atoms with E-state index in [9.17, 15) is 65.4 Å². The number of esters is 3. The third kappa shape index (κ3) is 16.0. The van der Waals surface area contributed by atoms with Gasteiger partial charge in [0.25, 0.3) is 0 Å². The number of hydrogen-bond acceptors (Lipinski definition) is 26. The minimum absolute atomic E-state index is 0.0746. The normalized spacial score (nSPS) is 46.4. The first-order valence-electron chi connectivity index (χ1n) is 27.3. The number of rotatable bonds is 8. The molecule has 2 bridgehead atoms. The van der Waals surface area contributed by atoms with Gasteiger partial charge in [0.1, 0.15) is 79.4 Å². The molecule has 6 saturated heterocycles. The summed E-state index contributed by atoms with van der Waals surface area (Å²) in [6, 6.07) is 0. The quantitative estimate of drug-likeness (QED) is 0.0986. The van der Waals surface area contributed by atoms with E-state index in [1.54, 1.807) is 0 Å². The van der Waals surface area contributed by atoms with Gasteiger partial charge in [0, 0.05) is 13.3 Å². The zero-order valence-electron chi connectivity index (χ0n) is 45.2. The molecular weight excluding hydrogens is 1030 g/mol. The van der Waals surface area contributed by atoms with Crippen molar-refractivity contribution in [3.63, 3.8) is 0 Å². The van der Waals surface area contributed by atoms with Crippen LogP contribution in [0.4, 0.5) is 0 Å². The largest absolute Gasteiger partial charge is 0.457 e. The van der Waals surface area contributed by atoms with E-state index in [2.05, 4.69) is 0 Å². The summed E-state index contributed by atoms with van der Waals surface area (Å²) in [4.78, 5) is 38.4. The molecule has 0 aliphatic carbocycles. The van der Waals surface area contributed by atoms with Crippen LogP contribution in [-0.4, -0.2) is 241 Å². The molecule has 0 amide bonds. The molecule has 0 saturated carbocycles. The number of ether oxygens (including phenoxy) is 13. The van der Waals surface area contributed by atoms with Crippen molar-refractivity contribution in [2.75, 3.05) is 6.61 Å². The lowest BCUT2D eigenvalue weighted by Gasteiger charge is -2.49. The molecule has 6 heterocycles. The fourth-order valence-electron chi connectivity index (χ4n) is 10.3. The molecule has 0 spiro atoms. The predicted octanol–water partition coefficient (Wildman–Crippen LogP) is -1.41. The molecule has 0 aromatic heterocycles. The molecule has 6 fully saturated rings. The first kappa shape index (κ1) is 63.8. The number of hydrogen-bond donors (Lipinski definition) is 10. The predicted molar refractivity (Wildman–Crippen MR) is 258 cm³/mol. The van der Waals surface area contributed by atoms with Crippen molar-refractivity contribution in [1.29, 1.82) is 0 Å². The van der Waals surface area contributed by atoms with E-state index in [0.717, 1.165) is 39.0 Å². The van der Waals surface area contributed by atoms with Gasteiger partial charge in [-0.05, 0) is 60.8 Å². The average Bonchev–Trinajstić information content (AvgIpc) is 3.38. The molecule has 6 rings (SSSR count). The van der Waals surface area contributed by atoms with Crippen LogP contribution in [0.1, 0.15) is 126 Å². The summed E-state index contributed by atoms with van der Waals surface area (Å²) in [6.45, 7) is 11.0. The third-order valence-corrected chi connectivity index (χ3v) is 15.3. The molecule has 0 radical (unpaired) electrons. The number of aliphatic hydroxyl groups is 10. The summed E-state index contributed by atoms with van der Waals surface area (Å²) < 4.78 is 78.4. The second-order valence-corrected chi connectivity index (χ2v) is 21.5. The second-order valence-electron chi connectivity index (χ2n) is 21.5. The first-order chi connectivity index (χ1) is 36.4. The molecule has 6 aliphatic heterocycles. The second kappa shape index (κ2) is 29.0. The van der Waals surface area contributed by atoms with Gasteiger partial charge in [0.15, 0.2) is 49.8 Å². The highest BCUT2D eigenvalue weighted by atomic mass is 16.8. The number of carbonyl (C=O) groups excluding carboxylic acids is 3. The highest BCUT2D eigenvalue weighted by Crippen LogP contribution is 2.37. The Balaban J connectivity index is 1.33. The Labute approximate surface area is 448 Å². The van der Waals surface area contributed by atoms with Gasteiger partial charge in [-0.15, -0.1) is 0 Å². The zero-order chi connectivity index (χ0) is 56.6. The summed E-state index contributed by atoms with van der Waals surface area (Å²) >= 11 is 0. The Bertz CT molecular complexity index is 1830. The summed E-state index contributed by atoms with van der Waals surface area (Å²) in [5.74, 6) is -3.42. The van der Waals surface area contributed by atoms with E-state index >= 15 is 0 Å². The Kier molecular flexibility index (Phi) is 24.1. The molecule has 10 N–H and O–H groups in total. The fraction of sp³-hybridized carbons (Fsp3) is 0.941. The maximum Gasteiger partial charge on any atom is 0.311 e. The standard InChI is InChI=1S/C51H86O26/c1-9-17-28-18-15-13-11-10-12-14-16-19-30(54)73-45-39(63)41(74-46(64)21(2)22(3)52)26(7)69-50(45)76-42-34(58)31(55)23(4)66-48(42)65-20-29-33(57)36(60)44(75-47-38(62)37(61)40(25(6)68-47)70-27(8)53)51(72-29)77-43-35(59)32(56)24(5)67-49(43)71-28/h21-26,28-29,31-45,47-52,55-63H,9-20H2,1-8H3/t21-,22-,23-,24-,25+,26+,28-,29-,31-,32-,33-,34+,35+,36+,37+,38-,39-,40+,41+,42-,43-,44-,45-,47+,48-,49+,50+,51+/m1/s1. The van der Waals surface area contributed by atoms with Gasteiger partial charge in [0.05, 0.1) is 49.1 Å². The van der Waals surface area contributed by atoms with Crippen molar-refractivity contribution in [2.24, 2.45) is 5.92 Å². The molecule has 77 heavy (non-hydrogen) atoms. The van der Waals surface area contributed by atoms with E-state index < -0.39 is 196 Å². The van der Waals surface area contributed by atoms with Gasteiger partial charge >= 0.3 is 17.9 Å². The monoisotopic (exact) mass is 1110 g/mol. The maximum absolute atomic E-state index is 13.5. The molecular formula is C51H86O26. The molecule has 26 heteroatoms. The van der Waals surface area contributed by atoms with Crippen LogP contribution in [-0.2, 0) is 76.0 Å². The number of carbonyl (C=O) groups is 3. The topological polar surface area (TPSA) is 374 Å². The van der Waals surface area contributed by atoms with Crippen LogP contribution in [0.25, 0.3) is 0 Å². The van der Waals surface area contributed by atoms with Crippen LogP contribution in [0.5, 0.6) is 0 Å². The van der Waals surface area contributed by atoms with Crippen molar-refractivity contribution >= 4 is 17.9 Å². The molecule has 26 nitrogen and oxygen atoms in total. The highest BCUT2D eigenvalue weighted by Gasteiger charge is 2.57. The summed E-state index contributed by atoms with van der Waals surface area (Å²) in [5, 5.41) is 113. The van der Waals surface area contributed by atoms with Crippen LogP contribution < -0.4 is 0 Å². The smallest absolute Gasteiger partial charge is 0.311 e. The van der Waals surface area contributed by atoms with Gasteiger partial charge in [-0.3, -0.25) is 14.4 Å². The van der Waals surface area contributed by atoms with Crippen molar-refractivity contribution in [1.82, 2.24) is 0 Å². The minimum atomic E-state index is -2.04. The lowest BCUT2D eigenvalue weighted by Crippen LogP contribution is -2.67. The van der Waals surface area contributed by atoms with Crippen LogP contribution in [0.15, 0.2) is 0 Å². The van der Waals surface area contributed by atoms with Crippen LogP contribution in [0.2, 0.25) is 0 Å². The molecule has 28 atom stereocenters. The number of aliphatic hydroxyl groups excluding tert-OH is 10. The SMILES string of the molecule is CCC[C@@H]1CCCCCCCCCC(=O)O[C@H]2[C@H](O[C@H]3[C@H](OC[C@H]4O[C@@H](O[C@H]5[C@H](O1)O[C@H](C)[C@@H](O)[C@@H]5O)[C@H](O[C@@H]1O[C@@H](C)[C@H](OC(C)=O)[C@@H](O)[C@H]1O)[C@@H](O)[C@@H]4O)O[C@H](C)[C@@H](O)[C@@H]3O)O[C@@H](C)[C@H](OC(=O)[C@H](C)[C@@H](C)O)[C@H]2O. The van der Waals surface area contributed by atoms with Crippen molar-refractivity contribution in [3.05, 3.63) is 0 Å². The lowest BCUT2D eigenvalue weighted by molar-refractivity contribution is -0.398. The van der Waals surface area contributed by atoms with Crippen LogP contribution >= 0.6 is 0 Å². The van der Waals surface area contributed by atoms with Crippen molar-refractivity contribution in [3.8, 4) is 0 Å². The average molecular weight is 1120 g/mol. The molecule has 6 aliphatic rings. The van der Waals surface area contributed by atoms with Crippen LogP contribution in [0, 0.1) is 5.92 Å². The van der Waals surface area contributed by atoms with Crippen molar-refractivity contribution in [2.45, 2.75) is 292 Å². The van der Waals surface area contributed by atoms with E-state index in [1.807, 2.05) is 6.92 Å². The number of fused-ring (bicyclic) bond motifs is 5. The van der Waals surface area contributed by atoms with Gasteiger partial charge in [-0.25, -0.2) is 0 Å². The van der Waals surface area contributed by atoms with Crippen molar-refractivity contribution < 1.29 is 127 Å². The Morgan fingerprint density at radius 1 is 0.558 bits per heavy atom. The third-order valence-electron chi connectivity index (χ3n) is 15.3. The van der Waals surface area contributed by atoms with Gasteiger partial charge in [-0.1, -0.05) is 51.9 Å². The van der Waals surface area contributed by atoms with Crippen LogP contribution in [0.3, 0.4) is 0 Å². The molecule has 0 aromatic carbocycles. The van der Waals surface area contributed by atoms with Gasteiger partial charge < -0.3 is 113 Å². The van der Waals surface area contributed by atoms with E-state index in [4.69, 9.17) is 61.6 Å². The minimum Gasteiger partial charge on any atom is -0.457 e. The molecule has 0 unspecified atom stereocenters. The summed E-state index contributed by atoms with van der Waals surface area (Å²) in [6.07, 6.45) is -34.9. The summed E-state index contributed by atoms with van der Waals surface area (Å²) in [7, 11) is 0. The lowest BCUT2D eigenvalue weighted by atomic mass is 9.96. The Morgan fingerprint density at radius 2 is 1.09 bits per heavy atom. The summed E-state index contributed by atoms with van der Waals surface area (Å²) in [5.41, 5.74) is 0. The fourth-order valence-corrected chi connectivity index (χ4v) is 10.3. The Morgan fingerprint density at radius 3 is 1.71 bits per heavy atom. The van der Waals surface area contributed by atoms with E-state index in [0.29, 0.717) is 32.1 Å². The molecule has 0 aromatic rings. The highest BCUT2D eigenvalue weighted by molar-refractivity contribution is 5.73. The maximum atomic E-state index is 13.5. The van der Waals surface area contributed by atoms with E-state index in [-0.39, 0.29) is 6.42 Å². The first-order valence-corrected chi connectivity index (χ1v) is 27.3.